The summed E-state index contributed by atoms with van der Waals surface area (Å²) in [7, 11) is 0. The number of hydrogen-bond acceptors (Lipinski definition) is 3. The number of amides is 1. The van der Waals surface area contributed by atoms with Crippen LogP contribution in [0.25, 0.3) is 0 Å². The summed E-state index contributed by atoms with van der Waals surface area (Å²) in [6.07, 6.45) is -1.23. The Morgan fingerprint density at radius 2 is 1.84 bits per heavy atom. The number of rotatable bonds is 7. The quantitative estimate of drug-likeness (QED) is 0.496. The molecule has 1 amide bonds. The minimum absolute atomic E-state index is 0.00435. The molecule has 9 heteroatoms. The van der Waals surface area contributed by atoms with Crippen LogP contribution in [0.5, 0.6) is 5.75 Å². The largest absolute Gasteiger partial charge is 0.482 e. The van der Waals surface area contributed by atoms with Gasteiger partial charge in [0.15, 0.2) is 6.61 Å². The molecule has 0 aromatic heterocycles. The van der Waals surface area contributed by atoms with Crippen LogP contribution in [-0.2, 0) is 17.4 Å². The molecule has 2 aromatic carbocycles. The first-order chi connectivity index (χ1) is 15.1. The van der Waals surface area contributed by atoms with Crippen molar-refractivity contribution in [3.63, 3.8) is 0 Å². The number of nitrogens with one attached hydrogen (secondary N) is 1. The predicted molar refractivity (Wildman–Crippen MR) is 121 cm³/mol. The van der Waals surface area contributed by atoms with E-state index in [1.54, 1.807) is 12.1 Å². The maximum Gasteiger partial charge on any atom is 0.416 e. The molecule has 0 radical (unpaired) electrons. The van der Waals surface area contributed by atoms with Gasteiger partial charge in [-0.2, -0.15) is 13.2 Å². The first kappa shape index (κ1) is 24.7. The van der Waals surface area contributed by atoms with Crippen LogP contribution in [0, 0.1) is 5.92 Å². The maximum absolute atomic E-state index is 12.7. The van der Waals surface area contributed by atoms with Gasteiger partial charge in [0.05, 0.1) is 10.6 Å². The zero-order valence-electron chi connectivity index (χ0n) is 17.6. The number of likely N-dealkylation sites (tertiary alicyclic amines) is 1. The Balaban J connectivity index is 1.49. The monoisotopic (exact) mass is 488 g/mol. The third-order valence-electron chi connectivity index (χ3n) is 5.53. The van der Waals surface area contributed by atoms with E-state index in [1.165, 1.54) is 12.8 Å². The number of nitrogens with zero attached hydrogens (tertiary/aromatic N) is 1. The van der Waals surface area contributed by atoms with Crippen LogP contribution in [0.15, 0.2) is 36.4 Å². The Labute approximate surface area is 195 Å². The molecule has 0 saturated carbocycles. The van der Waals surface area contributed by atoms with Gasteiger partial charge in [-0.05, 0) is 74.2 Å². The number of carbonyl (C=O) groups is 1. The lowest BCUT2D eigenvalue weighted by Crippen LogP contribution is -2.34. The van der Waals surface area contributed by atoms with E-state index in [2.05, 4.69) is 17.1 Å². The van der Waals surface area contributed by atoms with Crippen molar-refractivity contribution in [3.8, 4) is 5.75 Å². The Morgan fingerprint density at radius 3 is 2.47 bits per heavy atom. The van der Waals surface area contributed by atoms with E-state index in [-0.39, 0.29) is 10.8 Å². The number of ether oxygens (including phenoxy) is 1. The van der Waals surface area contributed by atoms with Crippen molar-refractivity contribution in [3.05, 3.63) is 57.6 Å². The van der Waals surface area contributed by atoms with Gasteiger partial charge < -0.3 is 15.0 Å². The summed E-state index contributed by atoms with van der Waals surface area (Å²) in [5.41, 5.74) is 0.637. The van der Waals surface area contributed by atoms with Crippen LogP contribution in [0.3, 0.4) is 0 Å². The summed E-state index contributed by atoms with van der Waals surface area (Å²) in [6, 6.07) is 8.03. The fourth-order valence-corrected chi connectivity index (χ4v) is 4.04. The molecule has 1 saturated heterocycles. The van der Waals surface area contributed by atoms with Crippen LogP contribution >= 0.6 is 23.2 Å². The fraction of sp³-hybridized carbons (Fsp3) is 0.435. The van der Waals surface area contributed by atoms with Crippen molar-refractivity contribution >= 4 is 34.8 Å². The minimum atomic E-state index is -4.50. The summed E-state index contributed by atoms with van der Waals surface area (Å²) >= 11 is 12.2. The van der Waals surface area contributed by atoms with E-state index in [9.17, 15) is 18.0 Å². The maximum atomic E-state index is 12.7. The van der Waals surface area contributed by atoms with Gasteiger partial charge in [-0.3, -0.25) is 4.79 Å². The summed E-state index contributed by atoms with van der Waals surface area (Å²) in [5.74, 6) is 0.305. The van der Waals surface area contributed by atoms with Gasteiger partial charge in [0, 0.05) is 17.3 Å². The highest BCUT2D eigenvalue weighted by Gasteiger charge is 2.31. The molecule has 1 aliphatic heterocycles. The average Bonchev–Trinajstić information content (AvgIpc) is 2.73. The van der Waals surface area contributed by atoms with Crippen molar-refractivity contribution < 1.29 is 22.7 Å². The third-order valence-corrected chi connectivity index (χ3v) is 6.18. The van der Waals surface area contributed by atoms with Crippen LogP contribution in [-0.4, -0.2) is 37.0 Å². The normalized spacial score (nSPS) is 15.6. The van der Waals surface area contributed by atoms with Gasteiger partial charge in [0.2, 0.25) is 0 Å². The van der Waals surface area contributed by atoms with E-state index in [1.807, 2.05) is 6.07 Å². The van der Waals surface area contributed by atoms with Gasteiger partial charge in [0.25, 0.3) is 5.91 Å². The summed E-state index contributed by atoms with van der Waals surface area (Å²) in [6.45, 7) is 5.04. The molecule has 174 valence electrons. The zero-order chi connectivity index (χ0) is 23.3. The molecular formula is C23H25Cl2F3N2O2. The highest BCUT2D eigenvalue weighted by atomic mass is 35.5. The Bertz CT molecular complexity index is 945. The number of anilines is 1. The average molecular weight is 489 g/mol. The molecule has 32 heavy (non-hydrogen) atoms. The van der Waals surface area contributed by atoms with Gasteiger partial charge in [-0.15, -0.1) is 0 Å². The Hall–Kier alpha value is -1.96. The molecule has 1 aliphatic rings. The highest BCUT2D eigenvalue weighted by molar-refractivity contribution is 6.32. The molecule has 0 unspecified atom stereocenters. The molecular weight excluding hydrogens is 464 g/mol. The van der Waals surface area contributed by atoms with Crippen LogP contribution in [0.1, 0.15) is 30.9 Å². The van der Waals surface area contributed by atoms with Gasteiger partial charge in [-0.1, -0.05) is 36.2 Å². The summed E-state index contributed by atoms with van der Waals surface area (Å²) in [4.78, 5) is 14.6. The van der Waals surface area contributed by atoms with Gasteiger partial charge >= 0.3 is 6.18 Å². The number of halogens is 5. The number of carbonyl (C=O) groups excluding carboxylic acids is 1. The van der Waals surface area contributed by atoms with E-state index < -0.39 is 24.3 Å². The smallest absolute Gasteiger partial charge is 0.416 e. The van der Waals surface area contributed by atoms with E-state index in [0.29, 0.717) is 10.7 Å². The third kappa shape index (κ3) is 7.02. The van der Waals surface area contributed by atoms with Crippen molar-refractivity contribution in [2.24, 2.45) is 5.92 Å². The zero-order valence-corrected chi connectivity index (χ0v) is 19.2. The standard InChI is InChI=1S/C23H25Cl2F3N2O2/c1-15-6-9-30(10-7-15)11-8-16-2-4-18(13-19(16)24)29-22(31)14-32-21-5-3-17(12-20(21)25)23(26,27)28/h2-5,12-13,15H,6-11,14H2,1H3,(H,29,31). The number of hydrogen-bond donors (Lipinski definition) is 1. The second kappa shape index (κ2) is 10.8. The van der Waals surface area contributed by atoms with Crippen LogP contribution in [0.4, 0.5) is 18.9 Å². The molecule has 0 spiro atoms. The molecule has 1 N–H and O–H groups in total. The van der Waals surface area contributed by atoms with E-state index >= 15 is 0 Å². The van der Waals surface area contributed by atoms with E-state index in [4.69, 9.17) is 27.9 Å². The lowest BCUT2D eigenvalue weighted by atomic mass is 9.99. The van der Waals surface area contributed by atoms with E-state index in [0.717, 1.165) is 55.7 Å². The Kier molecular flexibility index (Phi) is 8.31. The lowest BCUT2D eigenvalue weighted by molar-refractivity contribution is -0.137. The first-order valence-corrected chi connectivity index (χ1v) is 11.2. The number of piperidine rings is 1. The number of benzene rings is 2. The summed E-state index contributed by atoms with van der Waals surface area (Å²) in [5, 5.41) is 3.01. The Morgan fingerprint density at radius 1 is 1.12 bits per heavy atom. The molecule has 4 nitrogen and oxygen atoms in total. The molecule has 0 bridgehead atoms. The topological polar surface area (TPSA) is 41.6 Å². The molecule has 1 heterocycles. The van der Waals surface area contributed by atoms with Crippen molar-refractivity contribution in [2.75, 3.05) is 31.6 Å². The van der Waals surface area contributed by atoms with Crippen LogP contribution < -0.4 is 10.1 Å². The van der Waals surface area contributed by atoms with Crippen molar-refractivity contribution in [2.45, 2.75) is 32.4 Å². The molecule has 0 atom stereocenters. The highest BCUT2D eigenvalue weighted by Crippen LogP contribution is 2.34. The fourth-order valence-electron chi connectivity index (χ4n) is 3.53. The molecule has 3 rings (SSSR count). The van der Waals surface area contributed by atoms with Crippen molar-refractivity contribution in [1.82, 2.24) is 4.90 Å². The second-order valence-corrected chi connectivity index (χ2v) is 8.87. The SMILES string of the molecule is CC1CCN(CCc2ccc(NC(=O)COc3ccc(C(F)(F)F)cc3Cl)cc2Cl)CC1. The molecule has 2 aromatic rings. The molecule has 1 fully saturated rings. The molecule has 0 aliphatic carbocycles. The predicted octanol–water partition coefficient (Wildman–Crippen LogP) is 6.30. The lowest BCUT2D eigenvalue weighted by Gasteiger charge is -2.30. The van der Waals surface area contributed by atoms with Gasteiger partial charge in [0.1, 0.15) is 5.75 Å². The van der Waals surface area contributed by atoms with Crippen LogP contribution in [0.2, 0.25) is 10.0 Å². The first-order valence-electron chi connectivity index (χ1n) is 10.4. The second-order valence-electron chi connectivity index (χ2n) is 8.06. The number of alkyl halides is 3. The minimum Gasteiger partial charge on any atom is -0.482 e. The van der Waals surface area contributed by atoms with Gasteiger partial charge in [-0.25, -0.2) is 0 Å². The van der Waals surface area contributed by atoms with Crippen molar-refractivity contribution in [1.29, 1.82) is 0 Å². The summed E-state index contributed by atoms with van der Waals surface area (Å²) < 4.78 is 43.3.